The average molecular weight is 779 g/mol. The van der Waals surface area contributed by atoms with Crippen LogP contribution in [0.1, 0.15) is 36.4 Å². The summed E-state index contributed by atoms with van der Waals surface area (Å²) in [4.78, 5) is 60.5. The quantitative estimate of drug-likeness (QED) is 0.161. The van der Waals surface area contributed by atoms with Gasteiger partial charge in [-0.2, -0.15) is 5.10 Å². The van der Waals surface area contributed by atoms with E-state index in [-0.39, 0.29) is 30.2 Å². The van der Waals surface area contributed by atoms with Crippen molar-refractivity contribution >= 4 is 50.7 Å². The number of hydrogen-bond donors (Lipinski definition) is 1. The molecule has 4 atom stereocenters. The Labute approximate surface area is 322 Å². The highest BCUT2D eigenvalue weighted by atomic mass is 35.5. The van der Waals surface area contributed by atoms with E-state index >= 15 is 4.79 Å². The van der Waals surface area contributed by atoms with Crippen molar-refractivity contribution in [1.29, 1.82) is 0 Å². The largest absolute Gasteiger partial charge is 0.508 e. The highest BCUT2D eigenvalue weighted by Gasteiger charge is 2.66. The molecule has 55 heavy (non-hydrogen) atoms. The molecule has 1 aliphatic carbocycles. The first-order chi connectivity index (χ1) is 26.4. The minimum atomic E-state index is -1.43. The van der Waals surface area contributed by atoms with Gasteiger partial charge in [0, 0.05) is 46.5 Å². The number of benzene rings is 3. The predicted octanol–water partition coefficient (Wildman–Crippen LogP) is 5.97. The van der Waals surface area contributed by atoms with E-state index < -0.39 is 46.5 Å². The Kier molecular flexibility index (Phi) is 7.82. The molecular formula is C40H35ClN6O7S. The summed E-state index contributed by atoms with van der Waals surface area (Å²) in [5, 5.41) is 17.1. The van der Waals surface area contributed by atoms with Crippen molar-refractivity contribution in [3.8, 4) is 33.5 Å². The second kappa shape index (κ2) is 12.3. The molecule has 2 amide bonds. The maximum Gasteiger partial charge on any atom is 0.352 e. The molecule has 2 fully saturated rings. The van der Waals surface area contributed by atoms with Gasteiger partial charge in [-0.05, 0) is 67.1 Å². The number of halogens is 1. The zero-order valence-electron chi connectivity index (χ0n) is 30.4. The van der Waals surface area contributed by atoms with Crippen molar-refractivity contribution in [1.82, 2.24) is 23.7 Å². The van der Waals surface area contributed by atoms with Gasteiger partial charge in [-0.25, -0.2) is 28.4 Å². The summed E-state index contributed by atoms with van der Waals surface area (Å²) < 4.78 is 18.1. The number of rotatable bonds is 6. The van der Waals surface area contributed by atoms with Crippen LogP contribution in [-0.2, 0) is 23.2 Å². The van der Waals surface area contributed by atoms with Crippen LogP contribution < -0.4 is 25.8 Å². The fourth-order valence-electron chi connectivity index (χ4n) is 9.03. The van der Waals surface area contributed by atoms with Gasteiger partial charge in [0.05, 0.1) is 48.7 Å². The van der Waals surface area contributed by atoms with Crippen LogP contribution in [0.5, 0.6) is 17.2 Å². The van der Waals surface area contributed by atoms with E-state index in [1.54, 1.807) is 61.7 Å². The molecule has 280 valence electrons. The Hall–Kier alpha value is -5.86. The molecule has 3 aromatic heterocycles. The number of methoxy groups -OCH3 is 2. The molecule has 3 aromatic carbocycles. The summed E-state index contributed by atoms with van der Waals surface area (Å²) in [5.74, 6) is -2.12. The minimum Gasteiger partial charge on any atom is -0.508 e. The van der Waals surface area contributed by atoms with Gasteiger partial charge in [0.2, 0.25) is 11.8 Å². The lowest BCUT2D eigenvalue weighted by Crippen LogP contribution is -2.49. The first-order valence-corrected chi connectivity index (χ1v) is 18.8. The van der Waals surface area contributed by atoms with Gasteiger partial charge in [-0.15, -0.1) is 11.3 Å². The number of fused-ring (bicyclic) bond motifs is 5. The first kappa shape index (κ1) is 34.9. The first-order valence-electron chi connectivity index (χ1n) is 17.6. The van der Waals surface area contributed by atoms with Crippen LogP contribution in [0.25, 0.3) is 26.3 Å². The van der Waals surface area contributed by atoms with Crippen molar-refractivity contribution in [3.63, 3.8) is 0 Å². The van der Waals surface area contributed by atoms with Gasteiger partial charge in [0.25, 0.3) is 0 Å². The number of hydrogen-bond acceptors (Lipinski definition) is 9. The number of amides is 2. The second-order valence-electron chi connectivity index (χ2n) is 14.3. The lowest BCUT2D eigenvalue weighted by Gasteiger charge is -2.47. The molecule has 5 heterocycles. The van der Waals surface area contributed by atoms with E-state index in [0.717, 1.165) is 25.1 Å². The Bertz CT molecular complexity index is 2750. The summed E-state index contributed by atoms with van der Waals surface area (Å²) in [7, 11) is 4.59. The Morgan fingerprint density at radius 3 is 2.36 bits per heavy atom. The molecule has 0 bridgehead atoms. The van der Waals surface area contributed by atoms with Crippen LogP contribution >= 0.6 is 22.9 Å². The summed E-state index contributed by atoms with van der Waals surface area (Å²) in [5.41, 5.74) is 0.562. The number of carbonyl (C=O) groups excluding carboxylic acids is 2. The number of aryl methyl sites for hydroxylation is 2. The molecule has 1 N–H and O–H groups in total. The van der Waals surface area contributed by atoms with E-state index in [0.29, 0.717) is 33.4 Å². The van der Waals surface area contributed by atoms with Gasteiger partial charge in [0.1, 0.15) is 28.8 Å². The maximum absolute atomic E-state index is 15.3. The van der Waals surface area contributed by atoms with E-state index in [2.05, 4.69) is 0 Å². The Morgan fingerprint density at radius 1 is 0.964 bits per heavy atom. The highest BCUT2D eigenvalue weighted by Crippen LogP contribution is 2.64. The van der Waals surface area contributed by atoms with Crippen LogP contribution in [0.3, 0.4) is 0 Å². The van der Waals surface area contributed by atoms with Gasteiger partial charge < -0.3 is 14.6 Å². The van der Waals surface area contributed by atoms with Gasteiger partial charge in [-0.3, -0.25) is 14.3 Å². The number of phenols is 1. The smallest absolute Gasteiger partial charge is 0.352 e. The zero-order valence-corrected chi connectivity index (χ0v) is 32.0. The van der Waals surface area contributed by atoms with Crippen LogP contribution in [0.4, 0.5) is 5.82 Å². The summed E-state index contributed by atoms with van der Waals surface area (Å²) in [6.07, 6.45) is 1.92. The molecule has 2 aliphatic heterocycles. The molecule has 3 aliphatic rings. The van der Waals surface area contributed by atoms with Crippen molar-refractivity contribution in [2.45, 2.75) is 38.8 Å². The fraction of sp³-hybridized carbons (Fsp3) is 0.275. The molecule has 1 saturated heterocycles. The van der Waals surface area contributed by atoms with Crippen molar-refractivity contribution in [2.24, 2.45) is 18.4 Å². The highest BCUT2D eigenvalue weighted by molar-refractivity contribution is 7.22. The van der Waals surface area contributed by atoms with Gasteiger partial charge >= 0.3 is 11.4 Å². The number of allylic oxidation sites excluding steroid dienone is 2. The molecule has 9 rings (SSSR count). The fourth-order valence-corrected chi connectivity index (χ4v) is 10.3. The number of ether oxygens (including phenoxy) is 2. The Balaban J connectivity index is 1.23. The second-order valence-corrected chi connectivity index (χ2v) is 15.8. The van der Waals surface area contributed by atoms with Crippen molar-refractivity contribution in [2.75, 3.05) is 19.1 Å². The SMILES string of the molecule is COc1cc(O)cc(OC)c1C1C2=CCn3c(=O)n(-c4ccccc4)c(=O)n3C2CC2C(=O)N(c3cc(-c4sc5ccc(Cl)cc5c4C)nn3C)C(=O)C21C. The van der Waals surface area contributed by atoms with Gasteiger partial charge in [0.15, 0.2) is 0 Å². The van der Waals surface area contributed by atoms with Gasteiger partial charge in [-0.1, -0.05) is 35.9 Å². The third-order valence-electron chi connectivity index (χ3n) is 11.6. The molecule has 15 heteroatoms. The summed E-state index contributed by atoms with van der Waals surface area (Å²) in [6, 6.07) is 18.2. The van der Waals surface area contributed by atoms with Crippen molar-refractivity contribution < 1.29 is 24.2 Å². The van der Waals surface area contributed by atoms with Crippen LogP contribution in [-0.4, -0.2) is 54.9 Å². The standard InChI is InChI=1S/C40H35ClN6O7S/c1-20-25-15-21(41)11-12-31(25)55-35(20)27-19-32(43(3)42-27)46-36(49)26-18-28-24(13-14-44-38(51)45(39(52)47(28)44)22-9-7-6-8-10-22)34(40(26,2)37(46)50)33-29(53-4)16-23(48)17-30(33)54-5/h6-13,15-17,19,26,28,34,48H,14,18H2,1-5H3. The van der Waals surface area contributed by atoms with E-state index in [1.807, 2.05) is 31.2 Å². The molecular weight excluding hydrogens is 744 g/mol. The topological polar surface area (TPSA) is 143 Å². The van der Waals surface area contributed by atoms with Crippen LogP contribution in [0.15, 0.2) is 88.0 Å². The third kappa shape index (κ3) is 4.80. The number of nitrogens with zero attached hydrogens (tertiary/aromatic N) is 6. The number of aromatic hydroxyl groups is 1. The predicted molar refractivity (Wildman–Crippen MR) is 208 cm³/mol. The van der Waals surface area contributed by atoms with Crippen LogP contribution in [0.2, 0.25) is 5.02 Å². The number of anilines is 1. The summed E-state index contributed by atoms with van der Waals surface area (Å²) >= 11 is 7.87. The number of imide groups is 1. The molecule has 13 nitrogen and oxygen atoms in total. The van der Waals surface area contributed by atoms with Crippen molar-refractivity contribution in [3.05, 3.63) is 115 Å². The monoisotopic (exact) mass is 778 g/mol. The maximum atomic E-state index is 15.3. The molecule has 6 aromatic rings. The number of carbonyl (C=O) groups is 2. The molecule has 0 radical (unpaired) electrons. The molecule has 4 unspecified atom stereocenters. The number of thiophene rings is 1. The number of aromatic nitrogens is 5. The van der Waals surface area contributed by atoms with E-state index in [1.165, 1.54) is 45.3 Å². The third-order valence-corrected chi connectivity index (χ3v) is 13.1. The van der Waals surface area contributed by atoms with E-state index in [9.17, 15) is 19.5 Å². The normalized spacial score (nSPS) is 21.7. The Morgan fingerprint density at radius 2 is 1.67 bits per heavy atom. The zero-order chi connectivity index (χ0) is 38.7. The molecule has 1 saturated carbocycles. The van der Waals surface area contributed by atoms with Crippen LogP contribution in [0, 0.1) is 18.3 Å². The lowest BCUT2D eigenvalue weighted by atomic mass is 9.56. The number of phenolic OH excluding ortho intramolecular Hbond substituents is 1. The lowest BCUT2D eigenvalue weighted by molar-refractivity contribution is -0.129. The van der Waals surface area contributed by atoms with E-state index in [4.69, 9.17) is 26.2 Å². The molecule has 0 spiro atoms. The number of para-hydroxylation sites is 1. The summed E-state index contributed by atoms with van der Waals surface area (Å²) in [6.45, 7) is 3.80. The average Bonchev–Trinajstić information content (AvgIpc) is 3.85. The minimum absolute atomic E-state index is 0.0381.